The van der Waals surface area contributed by atoms with Crippen molar-refractivity contribution < 1.29 is 13.9 Å². The summed E-state index contributed by atoms with van der Waals surface area (Å²) < 4.78 is 13.4. The molecular weight excluding hydrogens is 340 g/mol. The molecule has 0 bridgehead atoms. The predicted molar refractivity (Wildman–Crippen MR) is 94.3 cm³/mol. The summed E-state index contributed by atoms with van der Waals surface area (Å²) in [6, 6.07) is 1.52. The fourth-order valence-corrected chi connectivity index (χ4v) is 2.90. The maximum atomic E-state index is 12.3. The van der Waals surface area contributed by atoms with Crippen molar-refractivity contribution >= 4 is 17.1 Å². The van der Waals surface area contributed by atoms with Gasteiger partial charge in [-0.05, 0) is 13.3 Å². The first-order valence-electron chi connectivity index (χ1n) is 8.27. The molecule has 0 atom stereocenters. The molecule has 3 aromatic heterocycles. The normalized spacial score (nSPS) is 11.2. The summed E-state index contributed by atoms with van der Waals surface area (Å²) in [5.41, 5.74) is -0.170. The molecular formula is C17H20N4O5. The van der Waals surface area contributed by atoms with E-state index in [9.17, 15) is 14.4 Å². The van der Waals surface area contributed by atoms with E-state index >= 15 is 0 Å². The van der Waals surface area contributed by atoms with E-state index < -0.39 is 17.2 Å². The van der Waals surface area contributed by atoms with Gasteiger partial charge in [0.15, 0.2) is 22.7 Å². The van der Waals surface area contributed by atoms with Gasteiger partial charge in [-0.25, -0.2) is 14.6 Å². The van der Waals surface area contributed by atoms with Gasteiger partial charge in [0.1, 0.15) is 11.3 Å². The summed E-state index contributed by atoms with van der Waals surface area (Å²) in [5.74, 6) is 0.528. The molecule has 0 saturated carbocycles. The quantitative estimate of drug-likeness (QED) is 0.691. The molecule has 1 N–H and O–H groups in total. The minimum Gasteiger partial charge on any atom is -0.465 e. The van der Waals surface area contributed by atoms with E-state index in [-0.39, 0.29) is 11.1 Å². The largest absolute Gasteiger partial charge is 0.465 e. The topological polar surface area (TPSA) is 112 Å². The number of nitrogens with zero attached hydrogens (tertiary/aromatic N) is 3. The summed E-state index contributed by atoms with van der Waals surface area (Å²) in [6.45, 7) is 4.10. The third-order valence-corrected chi connectivity index (χ3v) is 4.29. The van der Waals surface area contributed by atoms with E-state index in [0.29, 0.717) is 29.5 Å². The highest BCUT2D eigenvalue weighted by molar-refractivity contribution is 5.91. The Morgan fingerprint density at radius 2 is 2.12 bits per heavy atom. The lowest BCUT2D eigenvalue weighted by Gasteiger charge is -2.04. The second-order valence-electron chi connectivity index (χ2n) is 6.00. The Morgan fingerprint density at radius 1 is 1.38 bits per heavy atom. The summed E-state index contributed by atoms with van der Waals surface area (Å²) in [6.07, 6.45) is 1.67. The van der Waals surface area contributed by atoms with E-state index in [4.69, 9.17) is 9.15 Å². The lowest BCUT2D eigenvalue weighted by Crippen LogP contribution is -2.31. The van der Waals surface area contributed by atoms with E-state index in [1.54, 1.807) is 18.5 Å². The molecule has 9 nitrogen and oxygen atoms in total. The van der Waals surface area contributed by atoms with Crippen LogP contribution in [0.15, 0.2) is 20.1 Å². The molecule has 0 amide bonds. The molecule has 0 unspecified atom stereocenters. The second-order valence-corrected chi connectivity index (χ2v) is 6.00. The minimum atomic E-state index is -0.519. The van der Waals surface area contributed by atoms with Gasteiger partial charge in [-0.2, -0.15) is 0 Å². The zero-order chi connectivity index (χ0) is 19.0. The first-order valence-corrected chi connectivity index (χ1v) is 8.27. The average molecular weight is 360 g/mol. The van der Waals surface area contributed by atoms with Crippen LogP contribution in [0.1, 0.15) is 35.9 Å². The van der Waals surface area contributed by atoms with Gasteiger partial charge < -0.3 is 13.7 Å². The Kier molecular flexibility index (Phi) is 4.54. The molecule has 3 aromatic rings. The third kappa shape index (κ3) is 2.75. The van der Waals surface area contributed by atoms with Crippen LogP contribution in [0.25, 0.3) is 22.7 Å². The highest BCUT2D eigenvalue weighted by Crippen LogP contribution is 2.26. The Balaban J connectivity index is 2.24. The van der Waals surface area contributed by atoms with Gasteiger partial charge in [-0.3, -0.25) is 14.3 Å². The molecule has 0 aliphatic rings. The highest BCUT2D eigenvalue weighted by atomic mass is 16.5. The highest BCUT2D eigenvalue weighted by Gasteiger charge is 2.22. The van der Waals surface area contributed by atoms with E-state index in [1.165, 1.54) is 17.7 Å². The van der Waals surface area contributed by atoms with Crippen molar-refractivity contribution in [3.8, 4) is 11.6 Å². The van der Waals surface area contributed by atoms with Gasteiger partial charge in [-0.1, -0.05) is 13.3 Å². The number of hydrogen-bond donors (Lipinski definition) is 1. The standard InChI is InChI=1S/C17H20N4O5/c1-5-6-7-21-14-12(15(22)19-17(21)24)20(3)13(18-14)11-8-10(9(2)26-11)16(23)25-4/h8H,5-7H2,1-4H3,(H,19,22,24). The predicted octanol–water partition coefficient (Wildman–Crippen LogP) is 1.58. The van der Waals surface area contributed by atoms with Crippen molar-refractivity contribution in [2.45, 2.75) is 33.2 Å². The molecule has 3 heterocycles. The van der Waals surface area contributed by atoms with Crippen LogP contribution in [-0.2, 0) is 18.3 Å². The number of aromatic amines is 1. The molecule has 0 aromatic carbocycles. The van der Waals surface area contributed by atoms with Crippen LogP contribution in [0.2, 0.25) is 0 Å². The first kappa shape index (κ1) is 17.7. The lowest BCUT2D eigenvalue weighted by atomic mass is 10.2. The number of imidazole rings is 1. The minimum absolute atomic E-state index is 0.268. The molecule has 138 valence electrons. The SMILES string of the molecule is CCCCn1c(=O)[nH]c(=O)c2c1nc(-c1cc(C(=O)OC)c(C)o1)n2C. The van der Waals surface area contributed by atoms with E-state index in [1.807, 2.05) is 6.92 Å². The molecule has 0 saturated heterocycles. The maximum absolute atomic E-state index is 12.3. The van der Waals surface area contributed by atoms with Gasteiger partial charge in [0.2, 0.25) is 0 Å². The Morgan fingerprint density at radius 3 is 2.77 bits per heavy atom. The van der Waals surface area contributed by atoms with Crippen LogP contribution in [0.5, 0.6) is 0 Å². The molecule has 0 radical (unpaired) electrons. The monoisotopic (exact) mass is 360 g/mol. The van der Waals surface area contributed by atoms with E-state index in [0.717, 1.165) is 12.8 Å². The second kappa shape index (κ2) is 6.66. The number of carbonyl (C=O) groups excluding carboxylic acids is 1. The number of rotatable bonds is 5. The van der Waals surface area contributed by atoms with Gasteiger partial charge in [0.05, 0.1) is 7.11 Å². The average Bonchev–Trinajstić information content (AvgIpc) is 3.14. The van der Waals surface area contributed by atoms with Crippen molar-refractivity contribution in [1.29, 1.82) is 0 Å². The summed E-state index contributed by atoms with van der Waals surface area (Å²) >= 11 is 0. The number of unbranched alkanes of at least 4 members (excludes halogenated alkanes) is 1. The van der Waals surface area contributed by atoms with E-state index in [2.05, 4.69) is 9.97 Å². The Bertz CT molecular complexity index is 1100. The molecule has 0 spiro atoms. The number of methoxy groups -OCH3 is 1. The number of aromatic nitrogens is 4. The number of fused-ring (bicyclic) bond motifs is 1. The number of nitrogens with one attached hydrogen (secondary N) is 1. The zero-order valence-corrected chi connectivity index (χ0v) is 15.1. The summed E-state index contributed by atoms with van der Waals surface area (Å²) in [5, 5.41) is 0. The smallest absolute Gasteiger partial charge is 0.341 e. The lowest BCUT2D eigenvalue weighted by molar-refractivity contribution is 0.0599. The van der Waals surface area contributed by atoms with Crippen LogP contribution in [-0.4, -0.2) is 32.2 Å². The number of hydrogen-bond acceptors (Lipinski definition) is 6. The molecule has 0 aliphatic carbocycles. The number of esters is 1. The summed E-state index contributed by atoms with van der Waals surface area (Å²) in [7, 11) is 2.94. The first-order chi connectivity index (χ1) is 12.4. The van der Waals surface area contributed by atoms with Gasteiger partial charge in [-0.15, -0.1) is 0 Å². The fourth-order valence-electron chi connectivity index (χ4n) is 2.90. The molecule has 3 rings (SSSR count). The number of ether oxygens (including phenoxy) is 1. The third-order valence-electron chi connectivity index (χ3n) is 4.29. The van der Waals surface area contributed by atoms with Crippen molar-refractivity contribution in [3.05, 3.63) is 38.2 Å². The molecule has 0 aliphatic heterocycles. The Labute approximate surface area is 148 Å². The van der Waals surface area contributed by atoms with Crippen molar-refractivity contribution in [3.63, 3.8) is 0 Å². The molecule has 0 fully saturated rings. The number of carbonyl (C=O) groups is 1. The van der Waals surface area contributed by atoms with Crippen LogP contribution in [0.4, 0.5) is 0 Å². The van der Waals surface area contributed by atoms with Crippen molar-refractivity contribution in [2.24, 2.45) is 7.05 Å². The molecule has 26 heavy (non-hydrogen) atoms. The zero-order valence-electron chi connectivity index (χ0n) is 15.1. The fraction of sp³-hybridized carbons (Fsp3) is 0.412. The van der Waals surface area contributed by atoms with Crippen LogP contribution in [0, 0.1) is 6.92 Å². The van der Waals surface area contributed by atoms with Gasteiger partial charge in [0, 0.05) is 19.7 Å². The number of H-pyrrole nitrogens is 1. The number of furan rings is 1. The van der Waals surface area contributed by atoms with Gasteiger partial charge in [0.25, 0.3) is 5.56 Å². The van der Waals surface area contributed by atoms with Crippen LogP contribution in [0.3, 0.4) is 0 Å². The number of aryl methyl sites for hydroxylation is 3. The summed E-state index contributed by atoms with van der Waals surface area (Å²) in [4.78, 5) is 43.0. The maximum Gasteiger partial charge on any atom is 0.341 e. The van der Waals surface area contributed by atoms with Crippen molar-refractivity contribution in [2.75, 3.05) is 7.11 Å². The molecule has 9 heteroatoms. The van der Waals surface area contributed by atoms with Crippen molar-refractivity contribution in [1.82, 2.24) is 19.1 Å². The Hall–Kier alpha value is -3.10. The van der Waals surface area contributed by atoms with Crippen LogP contribution < -0.4 is 11.2 Å². The van der Waals surface area contributed by atoms with Crippen LogP contribution >= 0.6 is 0 Å². The van der Waals surface area contributed by atoms with Gasteiger partial charge >= 0.3 is 11.7 Å².